The fourth-order valence-corrected chi connectivity index (χ4v) is 1.83. The first-order valence-corrected chi connectivity index (χ1v) is 6.20. The molecule has 0 radical (unpaired) electrons. The Morgan fingerprint density at radius 1 is 1.33 bits per heavy atom. The maximum atomic E-state index is 5.32. The third-order valence-corrected chi connectivity index (χ3v) is 3.43. The van der Waals surface area contributed by atoms with Gasteiger partial charge in [-0.1, -0.05) is 6.92 Å². The van der Waals surface area contributed by atoms with Crippen LogP contribution in [0, 0.1) is 0 Å². The van der Waals surface area contributed by atoms with Crippen molar-refractivity contribution in [1.29, 1.82) is 0 Å². The van der Waals surface area contributed by atoms with E-state index in [9.17, 15) is 0 Å². The van der Waals surface area contributed by atoms with Crippen LogP contribution in [0.2, 0.25) is 0 Å². The topological polar surface area (TPSA) is 50.3 Å². The van der Waals surface area contributed by atoms with E-state index in [0.29, 0.717) is 5.88 Å². The van der Waals surface area contributed by atoms with Crippen LogP contribution in [-0.4, -0.2) is 48.2 Å². The summed E-state index contributed by atoms with van der Waals surface area (Å²) in [6, 6.07) is 0.0566. The quantitative estimate of drug-likeness (QED) is 0.831. The molecule has 1 unspecified atom stereocenters. The molecule has 102 valence electrons. The number of nitrogens with one attached hydrogen (secondary N) is 1. The molecular formula is C13H24N4O. The van der Waals surface area contributed by atoms with Gasteiger partial charge in [0, 0.05) is 17.9 Å². The number of ether oxygens (including phenoxy) is 1. The van der Waals surface area contributed by atoms with E-state index in [2.05, 4.69) is 55.1 Å². The zero-order valence-corrected chi connectivity index (χ0v) is 12.2. The van der Waals surface area contributed by atoms with Gasteiger partial charge in [0.15, 0.2) is 0 Å². The van der Waals surface area contributed by atoms with Gasteiger partial charge >= 0.3 is 0 Å². The monoisotopic (exact) mass is 252 g/mol. The molecule has 0 aliphatic carbocycles. The lowest BCUT2D eigenvalue weighted by Crippen LogP contribution is -2.49. The number of rotatable bonds is 6. The van der Waals surface area contributed by atoms with Crippen molar-refractivity contribution in [2.24, 2.45) is 0 Å². The Morgan fingerprint density at radius 2 is 1.94 bits per heavy atom. The lowest BCUT2D eigenvalue weighted by Gasteiger charge is -2.40. The van der Waals surface area contributed by atoms with Gasteiger partial charge in [-0.2, -0.15) is 0 Å². The summed E-state index contributed by atoms with van der Waals surface area (Å²) in [5, 5.41) is 3.47. The van der Waals surface area contributed by atoms with E-state index in [-0.39, 0.29) is 11.6 Å². The summed E-state index contributed by atoms with van der Waals surface area (Å²) in [7, 11) is 5.75. The highest BCUT2D eigenvalue weighted by Crippen LogP contribution is 2.32. The van der Waals surface area contributed by atoms with Gasteiger partial charge in [-0.3, -0.25) is 4.98 Å². The third kappa shape index (κ3) is 2.97. The van der Waals surface area contributed by atoms with Crippen LogP contribution in [0.25, 0.3) is 0 Å². The minimum atomic E-state index is -0.0979. The van der Waals surface area contributed by atoms with E-state index < -0.39 is 0 Å². The van der Waals surface area contributed by atoms with Crippen molar-refractivity contribution in [3.8, 4) is 5.88 Å². The lowest BCUT2D eigenvalue weighted by atomic mass is 9.90. The van der Waals surface area contributed by atoms with Crippen molar-refractivity contribution in [1.82, 2.24) is 20.2 Å². The third-order valence-electron chi connectivity index (χ3n) is 3.43. The first-order valence-electron chi connectivity index (χ1n) is 6.20. The van der Waals surface area contributed by atoms with Crippen LogP contribution in [0.3, 0.4) is 0 Å². The van der Waals surface area contributed by atoms with Crippen LogP contribution in [0.4, 0.5) is 0 Å². The van der Waals surface area contributed by atoms with Crippen LogP contribution in [-0.2, 0) is 0 Å². The maximum absolute atomic E-state index is 5.32. The molecule has 0 spiro atoms. The molecular weight excluding hydrogens is 228 g/mol. The largest absolute Gasteiger partial charge is 0.480 e. The predicted molar refractivity (Wildman–Crippen MR) is 72.8 cm³/mol. The fourth-order valence-electron chi connectivity index (χ4n) is 1.83. The molecule has 0 saturated heterocycles. The number of likely N-dealkylation sites (N-methyl/N-ethyl adjacent to an activating group) is 2. The number of aromatic nitrogens is 2. The number of hydrogen-bond donors (Lipinski definition) is 1. The van der Waals surface area contributed by atoms with Crippen molar-refractivity contribution < 1.29 is 4.74 Å². The second kappa shape index (κ2) is 6.11. The van der Waals surface area contributed by atoms with E-state index in [1.807, 2.05) is 0 Å². The van der Waals surface area contributed by atoms with E-state index in [0.717, 1.165) is 12.2 Å². The number of methoxy groups -OCH3 is 1. The Kier molecular flexibility index (Phi) is 5.04. The van der Waals surface area contributed by atoms with Gasteiger partial charge in [0.1, 0.15) is 5.69 Å². The van der Waals surface area contributed by atoms with Crippen LogP contribution in [0.15, 0.2) is 12.4 Å². The molecule has 1 heterocycles. The predicted octanol–water partition coefficient (Wildman–Crippen LogP) is 1.48. The van der Waals surface area contributed by atoms with Crippen molar-refractivity contribution in [2.45, 2.75) is 32.4 Å². The first kappa shape index (κ1) is 14.9. The van der Waals surface area contributed by atoms with Gasteiger partial charge in [-0.25, -0.2) is 4.98 Å². The molecule has 1 atom stereocenters. The summed E-state index contributed by atoms with van der Waals surface area (Å²) >= 11 is 0. The van der Waals surface area contributed by atoms with Gasteiger partial charge in [0.25, 0.3) is 0 Å². The fraction of sp³-hybridized carbons (Fsp3) is 0.692. The number of nitrogens with zero attached hydrogens (tertiary/aromatic N) is 3. The molecule has 5 nitrogen and oxygen atoms in total. The standard InChI is InChI=1S/C13H24N4O/c1-7-14-11(13(2,3)17(4)5)10-12(18-6)16-9-8-15-10/h8-9,11,14H,7H2,1-6H3. The molecule has 0 aliphatic rings. The van der Waals surface area contributed by atoms with E-state index >= 15 is 0 Å². The van der Waals surface area contributed by atoms with Gasteiger partial charge in [0.05, 0.1) is 13.2 Å². The van der Waals surface area contributed by atoms with Gasteiger partial charge < -0.3 is 15.0 Å². The van der Waals surface area contributed by atoms with Gasteiger partial charge in [-0.15, -0.1) is 0 Å². The second-order valence-electron chi connectivity index (χ2n) is 4.99. The van der Waals surface area contributed by atoms with Gasteiger partial charge in [-0.05, 0) is 34.5 Å². The minimum absolute atomic E-state index is 0.0566. The molecule has 5 heteroatoms. The Balaban J connectivity index is 3.19. The zero-order valence-electron chi connectivity index (χ0n) is 12.2. The Hall–Kier alpha value is -1.20. The molecule has 1 aromatic heterocycles. The maximum Gasteiger partial charge on any atom is 0.237 e. The molecule has 0 amide bonds. The Morgan fingerprint density at radius 3 is 2.44 bits per heavy atom. The Bertz CT molecular complexity index is 379. The van der Waals surface area contributed by atoms with Crippen molar-refractivity contribution in [3.63, 3.8) is 0 Å². The van der Waals surface area contributed by atoms with Crippen LogP contribution in [0.1, 0.15) is 32.5 Å². The lowest BCUT2D eigenvalue weighted by molar-refractivity contribution is 0.134. The normalized spacial score (nSPS) is 13.7. The molecule has 0 saturated carbocycles. The molecule has 0 aromatic carbocycles. The van der Waals surface area contributed by atoms with Gasteiger partial charge in [0.2, 0.25) is 5.88 Å². The van der Waals surface area contributed by atoms with E-state index in [4.69, 9.17) is 4.74 Å². The summed E-state index contributed by atoms with van der Waals surface area (Å²) in [6.45, 7) is 7.30. The molecule has 0 bridgehead atoms. The van der Waals surface area contributed by atoms with E-state index in [1.54, 1.807) is 19.5 Å². The highest BCUT2D eigenvalue weighted by atomic mass is 16.5. The average molecular weight is 252 g/mol. The second-order valence-corrected chi connectivity index (χ2v) is 4.99. The number of hydrogen-bond acceptors (Lipinski definition) is 5. The van der Waals surface area contributed by atoms with Crippen LogP contribution >= 0.6 is 0 Å². The van der Waals surface area contributed by atoms with Crippen molar-refractivity contribution in [2.75, 3.05) is 27.7 Å². The summed E-state index contributed by atoms with van der Waals surface area (Å²) in [5.74, 6) is 0.582. The summed E-state index contributed by atoms with van der Waals surface area (Å²) in [4.78, 5) is 10.8. The average Bonchev–Trinajstić information content (AvgIpc) is 2.35. The molecule has 0 aliphatic heterocycles. The zero-order chi connectivity index (χ0) is 13.8. The van der Waals surface area contributed by atoms with Crippen molar-refractivity contribution >= 4 is 0 Å². The summed E-state index contributed by atoms with van der Waals surface area (Å²) < 4.78 is 5.32. The van der Waals surface area contributed by atoms with Crippen molar-refractivity contribution in [3.05, 3.63) is 18.1 Å². The first-order chi connectivity index (χ1) is 8.45. The van der Waals surface area contributed by atoms with Crippen LogP contribution < -0.4 is 10.1 Å². The van der Waals surface area contributed by atoms with E-state index in [1.165, 1.54) is 0 Å². The summed E-state index contributed by atoms with van der Waals surface area (Å²) in [5.41, 5.74) is 0.750. The molecule has 1 rings (SSSR count). The Labute approximate surface area is 110 Å². The molecule has 1 N–H and O–H groups in total. The SMILES string of the molecule is CCNC(c1nccnc1OC)C(C)(C)N(C)C. The molecule has 1 aromatic rings. The highest BCUT2D eigenvalue weighted by Gasteiger charge is 2.35. The minimum Gasteiger partial charge on any atom is -0.480 e. The summed E-state index contributed by atoms with van der Waals surface area (Å²) in [6.07, 6.45) is 3.35. The molecule has 18 heavy (non-hydrogen) atoms. The smallest absolute Gasteiger partial charge is 0.237 e. The highest BCUT2D eigenvalue weighted by molar-refractivity contribution is 5.24. The van der Waals surface area contributed by atoms with Crippen LogP contribution in [0.5, 0.6) is 5.88 Å². The molecule has 0 fully saturated rings.